The normalized spacial score (nSPS) is 12.7. The molecule has 9 heteroatoms. The van der Waals surface area contributed by atoms with E-state index in [0.29, 0.717) is 24.4 Å². The third-order valence-electron chi connectivity index (χ3n) is 2.97. The van der Waals surface area contributed by atoms with Crippen LogP contribution in [0.15, 0.2) is 24.3 Å². The van der Waals surface area contributed by atoms with E-state index in [0.717, 1.165) is 0 Å². The van der Waals surface area contributed by atoms with Crippen molar-refractivity contribution in [3.63, 3.8) is 0 Å². The Balaban J connectivity index is 2.50. The van der Waals surface area contributed by atoms with Gasteiger partial charge in [0.05, 0.1) is 10.5 Å². The summed E-state index contributed by atoms with van der Waals surface area (Å²) in [4.78, 5) is 22.2. The Bertz CT molecular complexity index is 536. The fourth-order valence-electron chi connectivity index (χ4n) is 1.91. The molecular weight excluding hydrogens is 369 g/mol. The molecule has 0 aromatic heterocycles. The molecule has 0 saturated carbocycles. The van der Waals surface area contributed by atoms with Crippen LogP contribution in [-0.2, 0) is 9.53 Å². The van der Waals surface area contributed by atoms with Crippen molar-refractivity contribution in [2.45, 2.75) is 38.3 Å². The van der Waals surface area contributed by atoms with E-state index >= 15 is 0 Å². The van der Waals surface area contributed by atoms with Gasteiger partial charge in [0, 0.05) is 12.5 Å². The largest absolute Gasteiger partial charge is 0.458 e. The summed E-state index contributed by atoms with van der Waals surface area (Å²) in [5.41, 5.74) is 0.305. The van der Waals surface area contributed by atoms with Gasteiger partial charge in [0.15, 0.2) is 0 Å². The maximum atomic E-state index is 11.8. The van der Waals surface area contributed by atoms with Crippen molar-refractivity contribution < 1.29 is 14.5 Å². The SMILES string of the molecule is CC(OC(=O)CCCC[Si](Cl)(Cl)Cl)c1ccccc1[N+](=O)[O-]. The molecule has 0 saturated heterocycles. The first-order valence-corrected chi connectivity index (χ1v) is 11.9. The van der Waals surface area contributed by atoms with Crippen LogP contribution in [0.2, 0.25) is 6.04 Å². The van der Waals surface area contributed by atoms with E-state index in [1.54, 1.807) is 25.1 Å². The van der Waals surface area contributed by atoms with Gasteiger partial charge in [0.2, 0.25) is 0 Å². The van der Waals surface area contributed by atoms with Crippen LogP contribution in [0.25, 0.3) is 0 Å². The Morgan fingerprint density at radius 1 is 1.32 bits per heavy atom. The van der Waals surface area contributed by atoms with Gasteiger partial charge in [-0.05, 0) is 25.5 Å². The van der Waals surface area contributed by atoms with Crippen LogP contribution in [-0.4, -0.2) is 16.9 Å². The number of hydrogen-bond acceptors (Lipinski definition) is 4. The number of nitrogens with zero attached hydrogens (tertiary/aromatic N) is 1. The summed E-state index contributed by atoms with van der Waals surface area (Å²) < 4.78 is 5.23. The van der Waals surface area contributed by atoms with Crippen LogP contribution in [0.3, 0.4) is 0 Å². The Labute approximate surface area is 143 Å². The highest BCUT2D eigenvalue weighted by molar-refractivity contribution is 7.64. The molecule has 0 radical (unpaired) electrons. The van der Waals surface area contributed by atoms with E-state index in [9.17, 15) is 14.9 Å². The number of unbranched alkanes of at least 4 members (excludes halogenated alkanes) is 1. The lowest BCUT2D eigenvalue weighted by Gasteiger charge is -2.14. The summed E-state index contributed by atoms with van der Waals surface area (Å²) >= 11 is 17.2. The Hall–Kier alpha value is -0.823. The van der Waals surface area contributed by atoms with E-state index in [-0.39, 0.29) is 12.1 Å². The standard InChI is InChI=1S/C13H16Cl3NO4Si/c1-10(11-6-2-3-7-12(11)17(19)20)21-13(18)8-4-5-9-22(14,15)16/h2-3,6-7,10H,4-5,8-9H2,1H3. The first kappa shape index (κ1) is 19.2. The first-order valence-electron chi connectivity index (χ1n) is 6.70. The van der Waals surface area contributed by atoms with Crippen LogP contribution in [0.5, 0.6) is 0 Å². The molecule has 0 fully saturated rings. The molecule has 1 rings (SSSR count). The van der Waals surface area contributed by atoms with Crippen molar-refractivity contribution in [3.8, 4) is 0 Å². The maximum absolute atomic E-state index is 11.8. The Morgan fingerprint density at radius 2 is 1.95 bits per heavy atom. The average molecular weight is 385 g/mol. The lowest BCUT2D eigenvalue weighted by atomic mass is 10.1. The topological polar surface area (TPSA) is 69.4 Å². The lowest BCUT2D eigenvalue weighted by molar-refractivity contribution is -0.386. The molecule has 22 heavy (non-hydrogen) atoms. The minimum atomic E-state index is -2.64. The molecule has 1 unspecified atom stereocenters. The monoisotopic (exact) mass is 383 g/mol. The zero-order chi connectivity index (χ0) is 16.8. The quantitative estimate of drug-likeness (QED) is 0.157. The molecule has 1 atom stereocenters. The summed E-state index contributed by atoms with van der Waals surface area (Å²) in [7, 11) is 0. The number of benzene rings is 1. The molecule has 0 bridgehead atoms. The molecular formula is C13H16Cl3NO4Si. The molecule has 0 aliphatic rings. The summed E-state index contributed by atoms with van der Waals surface area (Å²) in [6, 6.07) is 4.03. The molecule has 0 aliphatic carbocycles. The second kappa shape index (κ2) is 8.72. The number of nitro groups is 1. The van der Waals surface area contributed by atoms with Crippen LogP contribution in [0.1, 0.15) is 37.9 Å². The van der Waals surface area contributed by atoms with Gasteiger partial charge >= 0.3 is 12.0 Å². The molecule has 0 aliphatic heterocycles. The smallest absolute Gasteiger partial charge is 0.341 e. The van der Waals surface area contributed by atoms with Gasteiger partial charge in [-0.15, -0.1) is 33.2 Å². The zero-order valence-electron chi connectivity index (χ0n) is 11.9. The number of para-hydroxylation sites is 1. The number of carbonyl (C=O) groups excluding carboxylic acids is 1. The van der Waals surface area contributed by atoms with E-state index < -0.39 is 23.0 Å². The van der Waals surface area contributed by atoms with Crippen molar-refractivity contribution in [1.29, 1.82) is 0 Å². The first-order chi connectivity index (χ1) is 10.2. The second-order valence-corrected chi connectivity index (χ2v) is 14.0. The van der Waals surface area contributed by atoms with Gasteiger partial charge in [-0.1, -0.05) is 18.6 Å². The van der Waals surface area contributed by atoms with E-state index in [1.807, 2.05) is 0 Å². The van der Waals surface area contributed by atoms with Crippen molar-refractivity contribution in [2.75, 3.05) is 0 Å². The molecule has 1 aromatic carbocycles. The highest BCUT2D eigenvalue weighted by atomic mass is 35.8. The lowest BCUT2D eigenvalue weighted by Crippen LogP contribution is -2.11. The number of hydrogen-bond donors (Lipinski definition) is 0. The number of rotatable bonds is 8. The predicted molar refractivity (Wildman–Crippen MR) is 89.6 cm³/mol. The molecule has 0 N–H and O–H groups in total. The van der Waals surface area contributed by atoms with Gasteiger partial charge in [-0.2, -0.15) is 0 Å². The van der Waals surface area contributed by atoms with E-state index in [2.05, 4.69) is 0 Å². The number of ether oxygens (including phenoxy) is 1. The van der Waals surface area contributed by atoms with Crippen molar-refractivity contribution >= 4 is 50.9 Å². The molecule has 0 spiro atoms. The maximum Gasteiger partial charge on any atom is 0.341 e. The Kier molecular flexibility index (Phi) is 7.62. The van der Waals surface area contributed by atoms with E-state index in [1.165, 1.54) is 6.07 Å². The summed E-state index contributed by atoms with van der Waals surface area (Å²) in [5, 5.41) is 10.9. The number of halogens is 3. The summed E-state index contributed by atoms with van der Waals surface area (Å²) in [6.07, 6.45) is 0.706. The Morgan fingerprint density at radius 3 is 2.55 bits per heavy atom. The number of carbonyl (C=O) groups is 1. The third-order valence-corrected chi connectivity index (χ3v) is 5.59. The van der Waals surface area contributed by atoms with Gasteiger partial charge in [-0.25, -0.2) is 0 Å². The van der Waals surface area contributed by atoms with E-state index in [4.69, 9.17) is 38.0 Å². The molecule has 1 aromatic rings. The zero-order valence-corrected chi connectivity index (χ0v) is 15.2. The van der Waals surface area contributed by atoms with Crippen molar-refractivity contribution in [1.82, 2.24) is 0 Å². The van der Waals surface area contributed by atoms with Crippen molar-refractivity contribution in [2.24, 2.45) is 0 Å². The minimum Gasteiger partial charge on any atom is -0.458 e. The van der Waals surface area contributed by atoms with Gasteiger partial charge in [0.25, 0.3) is 5.69 Å². The minimum absolute atomic E-state index is 0.0648. The third kappa shape index (κ3) is 6.96. The fraction of sp³-hybridized carbons (Fsp3) is 0.462. The van der Waals surface area contributed by atoms with Gasteiger partial charge in [0.1, 0.15) is 6.10 Å². The summed E-state index contributed by atoms with van der Waals surface area (Å²) in [5.74, 6) is -0.420. The van der Waals surface area contributed by atoms with Gasteiger partial charge < -0.3 is 4.74 Å². The predicted octanol–water partition coefficient (Wildman–Crippen LogP) is 5.02. The molecule has 5 nitrogen and oxygen atoms in total. The van der Waals surface area contributed by atoms with Crippen molar-refractivity contribution in [3.05, 3.63) is 39.9 Å². The highest BCUT2D eigenvalue weighted by Gasteiger charge is 2.24. The van der Waals surface area contributed by atoms with Gasteiger partial charge in [-0.3, -0.25) is 14.9 Å². The average Bonchev–Trinajstić information content (AvgIpc) is 2.42. The van der Waals surface area contributed by atoms with Crippen LogP contribution < -0.4 is 0 Å². The number of esters is 1. The van der Waals surface area contributed by atoms with Crippen LogP contribution >= 0.6 is 33.2 Å². The van der Waals surface area contributed by atoms with Crippen LogP contribution in [0.4, 0.5) is 5.69 Å². The molecule has 122 valence electrons. The number of nitro benzene ring substituents is 1. The second-order valence-electron chi connectivity index (χ2n) is 4.77. The molecule has 0 heterocycles. The highest BCUT2D eigenvalue weighted by Crippen LogP contribution is 2.29. The summed E-state index contributed by atoms with van der Waals surface area (Å²) in [6.45, 7) is 1.61. The fourth-order valence-corrected chi connectivity index (χ4v) is 3.77. The molecule has 0 amide bonds. The van der Waals surface area contributed by atoms with Crippen LogP contribution in [0, 0.1) is 10.1 Å².